The third kappa shape index (κ3) is 7.51. The van der Waals surface area contributed by atoms with Gasteiger partial charge in [-0.15, -0.1) is 0 Å². The van der Waals surface area contributed by atoms with Crippen molar-refractivity contribution >= 4 is 11.9 Å². The van der Waals surface area contributed by atoms with Gasteiger partial charge in [0.25, 0.3) is 0 Å². The fourth-order valence-corrected chi connectivity index (χ4v) is 4.05. The Kier molecular flexibility index (Phi) is 9.62. The monoisotopic (exact) mass is 431 g/mol. The Morgan fingerprint density at radius 1 is 1.16 bits per heavy atom. The van der Waals surface area contributed by atoms with Crippen LogP contribution in [0.2, 0.25) is 0 Å². The van der Waals surface area contributed by atoms with Gasteiger partial charge >= 0.3 is 5.97 Å². The van der Waals surface area contributed by atoms with Gasteiger partial charge in [0.1, 0.15) is 0 Å². The Bertz CT molecular complexity index is 711. The number of guanidine groups is 1. The first-order valence-electron chi connectivity index (χ1n) is 11.7. The molecule has 0 atom stereocenters. The Labute approximate surface area is 186 Å². The summed E-state index contributed by atoms with van der Waals surface area (Å²) in [5, 5.41) is 3.40. The van der Waals surface area contributed by atoms with Crippen LogP contribution in [0.3, 0.4) is 0 Å². The van der Waals surface area contributed by atoms with Crippen LogP contribution in [0.25, 0.3) is 0 Å². The zero-order chi connectivity index (χ0) is 21.9. The fraction of sp³-hybridized carbons (Fsp3) is 0.667. The molecule has 2 saturated heterocycles. The molecule has 7 nitrogen and oxygen atoms in total. The summed E-state index contributed by atoms with van der Waals surface area (Å²) in [6, 6.07) is 8.47. The molecule has 1 N–H and O–H groups in total. The second kappa shape index (κ2) is 12.7. The van der Waals surface area contributed by atoms with E-state index in [-0.39, 0.29) is 11.9 Å². The van der Waals surface area contributed by atoms with E-state index in [1.807, 2.05) is 6.92 Å². The molecule has 2 aliphatic rings. The van der Waals surface area contributed by atoms with Crippen LogP contribution in [0.1, 0.15) is 50.7 Å². The van der Waals surface area contributed by atoms with Crippen molar-refractivity contribution < 1.29 is 19.0 Å². The van der Waals surface area contributed by atoms with Crippen LogP contribution in [0.15, 0.2) is 29.3 Å². The molecule has 1 aromatic carbocycles. The number of piperidine rings is 1. The van der Waals surface area contributed by atoms with Crippen LogP contribution in [-0.2, 0) is 32.2 Å². The number of ether oxygens (including phenoxy) is 3. The molecule has 31 heavy (non-hydrogen) atoms. The number of benzene rings is 1. The third-order valence-corrected chi connectivity index (χ3v) is 5.81. The Balaban J connectivity index is 1.53. The minimum Gasteiger partial charge on any atom is -0.466 e. The van der Waals surface area contributed by atoms with Crippen LogP contribution < -0.4 is 5.32 Å². The van der Waals surface area contributed by atoms with Crippen molar-refractivity contribution in [3.63, 3.8) is 0 Å². The van der Waals surface area contributed by atoms with E-state index in [4.69, 9.17) is 19.2 Å². The van der Waals surface area contributed by atoms with Gasteiger partial charge in [0.05, 0.1) is 31.8 Å². The van der Waals surface area contributed by atoms with Gasteiger partial charge in [-0.3, -0.25) is 4.79 Å². The van der Waals surface area contributed by atoms with Crippen molar-refractivity contribution in [2.75, 3.05) is 39.5 Å². The van der Waals surface area contributed by atoms with Gasteiger partial charge in [0.15, 0.2) is 5.96 Å². The van der Waals surface area contributed by atoms with Gasteiger partial charge in [0.2, 0.25) is 0 Å². The predicted molar refractivity (Wildman–Crippen MR) is 121 cm³/mol. The van der Waals surface area contributed by atoms with E-state index >= 15 is 0 Å². The standard InChI is InChI=1S/C24H37N3O4/c1-3-25-24(27-12-8-21(9-13-27)23(28)30-4-2)26-17-19-6-5-7-20(16-19)18-31-22-10-14-29-15-11-22/h5-7,16,21-22H,3-4,8-15,17-18H2,1-2H3,(H,25,26). The Hall–Kier alpha value is -2.12. The van der Waals surface area contributed by atoms with E-state index in [2.05, 4.69) is 41.4 Å². The molecule has 0 spiro atoms. The number of hydrogen-bond donors (Lipinski definition) is 1. The maximum Gasteiger partial charge on any atom is 0.309 e. The fourth-order valence-electron chi connectivity index (χ4n) is 4.05. The second-order valence-corrected chi connectivity index (χ2v) is 8.13. The van der Waals surface area contributed by atoms with E-state index < -0.39 is 0 Å². The minimum atomic E-state index is -0.0659. The molecule has 0 unspecified atom stereocenters. The number of carbonyl (C=O) groups is 1. The average molecular weight is 432 g/mol. The lowest BCUT2D eigenvalue weighted by Gasteiger charge is -2.33. The van der Waals surface area contributed by atoms with Crippen LogP contribution in [0.5, 0.6) is 0 Å². The van der Waals surface area contributed by atoms with Crippen molar-refractivity contribution in [3.8, 4) is 0 Å². The highest BCUT2D eigenvalue weighted by Crippen LogP contribution is 2.19. The first kappa shape index (κ1) is 23.5. The van der Waals surface area contributed by atoms with Gasteiger partial charge < -0.3 is 24.4 Å². The van der Waals surface area contributed by atoms with E-state index in [9.17, 15) is 4.79 Å². The number of nitrogens with one attached hydrogen (secondary N) is 1. The van der Waals surface area contributed by atoms with Crippen molar-refractivity contribution in [1.29, 1.82) is 0 Å². The number of nitrogens with zero attached hydrogens (tertiary/aromatic N) is 2. The normalized spacial score (nSPS) is 18.8. The molecule has 0 saturated carbocycles. The number of esters is 1. The summed E-state index contributed by atoms with van der Waals surface area (Å²) in [5.41, 5.74) is 2.35. The smallest absolute Gasteiger partial charge is 0.309 e. The highest BCUT2D eigenvalue weighted by Gasteiger charge is 2.27. The molecule has 172 valence electrons. The number of hydrogen-bond acceptors (Lipinski definition) is 5. The molecule has 2 fully saturated rings. The lowest BCUT2D eigenvalue weighted by molar-refractivity contribution is -0.149. The quantitative estimate of drug-likeness (QED) is 0.387. The topological polar surface area (TPSA) is 72.4 Å². The minimum absolute atomic E-state index is 0.00600. The van der Waals surface area contributed by atoms with E-state index in [0.717, 1.165) is 64.5 Å². The molecule has 0 radical (unpaired) electrons. The maximum absolute atomic E-state index is 12.0. The molecular formula is C24H37N3O4. The zero-order valence-corrected chi connectivity index (χ0v) is 19.0. The number of aliphatic imine (C=N–C) groups is 1. The first-order valence-corrected chi connectivity index (χ1v) is 11.7. The van der Waals surface area contributed by atoms with Crippen molar-refractivity contribution in [2.45, 2.75) is 58.8 Å². The summed E-state index contributed by atoms with van der Waals surface area (Å²) in [6.07, 6.45) is 3.87. The molecular weight excluding hydrogens is 394 g/mol. The summed E-state index contributed by atoms with van der Waals surface area (Å²) < 4.78 is 16.6. The average Bonchev–Trinajstić information content (AvgIpc) is 2.82. The molecule has 0 bridgehead atoms. The number of likely N-dealkylation sites (tertiary alicyclic amines) is 1. The summed E-state index contributed by atoms with van der Waals surface area (Å²) in [4.78, 5) is 19.1. The van der Waals surface area contributed by atoms with E-state index in [0.29, 0.717) is 25.9 Å². The number of rotatable bonds is 8. The van der Waals surface area contributed by atoms with Crippen LogP contribution in [0.4, 0.5) is 0 Å². The van der Waals surface area contributed by atoms with Gasteiger partial charge in [-0.25, -0.2) is 4.99 Å². The first-order chi connectivity index (χ1) is 15.2. The predicted octanol–water partition coefficient (Wildman–Crippen LogP) is 3.12. The molecule has 0 amide bonds. The zero-order valence-electron chi connectivity index (χ0n) is 19.0. The highest BCUT2D eigenvalue weighted by atomic mass is 16.5. The molecule has 7 heteroatoms. The Morgan fingerprint density at radius 3 is 2.61 bits per heavy atom. The van der Waals surface area contributed by atoms with Crippen molar-refractivity contribution in [1.82, 2.24) is 10.2 Å². The molecule has 2 aliphatic heterocycles. The number of carbonyl (C=O) groups excluding carboxylic acids is 1. The second-order valence-electron chi connectivity index (χ2n) is 8.13. The summed E-state index contributed by atoms with van der Waals surface area (Å²) >= 11 is 0. The SMILES string of the molecule is CCNC(=NCc1cccc(COC2CCOCC2)c1)N1CCC(C(=O)OCC)CC1. The lowest BCUT2D eigenvalue weighted by atomic mass is 9.97. The Morgan fingerprint density at radius 2 is 1.90 bits per heavy atom. The summed E-state index contributed by atoms with van der Waals surface area (Å²) in [5.74, 6) is 0.851. The molecule has 3 rings (SSSR count). The third-order valence-electron chi connectivity index (χ3n) is 5.81. The lowest BCUT2D eigenvalue weighted by Crippen LogP contribution is -2.46. The van der Waals surface area contributed by atoms with Crippen LogP contribution in [-0.4, -0.2) is 62.4 Å². The molecule has 0 aromatic heterocycles. The summed E-state index contributed by atoms with van der Waals surface area (Å²) in [7, 11) is 0. The summed E-state index contributed by atoms with van der Waals surface area (Å²) in [6.45, 7) is 9.66. The van der Waals surface area contributed by atoms with Crippen LogP contribution in [0, 0.1) is 5.92 Å². The molecule has 1 aromatic rings. The van der Waals surface area contributed by atoms with Gasteiger partial charge in [-0.05, 0) is 50.7 Å². The van der Waals surface area contributed by atoms with E-state index in [1.165, 1.54) is 11.1 Å². The van der Waals surface area contributed by atoms with Crippen molar-refractivity contribution in [2.24, 2.45) is 10.9 Å². The molecule has 0 aliphatic carbocycles. The van der Waals surface area contributed by atoms with Gasteiger partial charge in [-0.2, -0.15) is 0 Å². The maximum atomic E-state index is 12.0. The largest absolute Gasteiger partial charge is 0.466 e. The highest BCUT2D eigenvalue weighted by molar-refractivity contribution is 5.80. The van der Waals surface area contributed by atoms with Gasteiger partial charge in [0, 0.05) is 32.8 Å². The molecule has 2 heterocycles. The van der Waals surface area contributed by atoms with Crippen molar-refractivity contribution in [3.05, 3.63) is 35.4 Å². The van der Waals surface area contributed by atoms with Crippen LogP contribution >= 0.6 is 0 Å². The van der Waals surface area contributed by atoms with E-state index in [1.54, 1.807) is 0 Å². The van der Waals surface area contributed by atoms with Gasteiger partial charge in [-0.1, -0.05) is 24.3 Å².